The largest absolute Gasteiger partial charge is 0.416 e. The van der Waals surface area contributed by atoms with E-state index >= 15 is 0 Å². The average molecular weight is 372 g/mol. The molecule has 2 aromatic rings. The van der Waals surface area contributed by atoms with E-state index in [0.29, 0.717) is 19.3 Å². The van der Waals surface area contributed by atoms with Crippen LogP contribution >= 0.6 is 0 Å². The Kier molecular flexibility index (Phi) is 7.18. The number of alkyl halides is 3. The molecule has 0 heterocycles. The van der Waals surface area contributed by atoms with Gasteiger partial charge in [0.1, 0.15) is 6.07 Å². The van der Waals surface area contributed by atoms with Gasteiger partial charge in [-0.1, -0.05) is 41.6 Å². The smallest absolute Gasteiger partial charge is 0.356 e. The van der Waals surface area contributed by atoms with Crippen molar-refractivity contribution in [2.45, 2.75) is 31.9 Å². The molecule has 0 fully saturated rings. The van der Waals surface area contributed by atoms with Crippen molar-refractivity contribution >= 4 is 5.71 Å². The number of rotatable bonds is 8. The number of nitrogens with zero attached hydrogens (tertiary/aromatic N) is 2. The Hall–Kier alpha value is -3.07. The molecule has 3 nitrogen and oxygen atoms in total. The van der Waals surface area contributed by atoms with Gasteiger partial charge in [-0.3, -0.25) is 0 Å². The van der Waals surface area contributed by atoms with Crippen molar-refractivity contribution in [3.05, 3.63) is 77.9 Å². The maximum atomic E-state index is 12.8. The number of aryl methyl sites for hydroxylation is 1. The van der Waals surface area contributed by atoms with Crippen molar-refractivity contribution in [3.8, 4) is 11.8 Å². The summed E-state index contributed by atoms with van der Waals surface area (Å²) in [6.45, 7) is 3.68. The van der Waals surface area contributed by atoms with Crippen LogP contribution in [0.1, 0.15) is 36.0 Å². The maximum absolute atomic E-state index is 12.8. The minimum atomic E-state index is -4.52. The lowest BCUT2D eigenvalue weighted by atomic mass is 10.0. The zero-order valence-corrected chi connectivity index (χ0v) is 14.7. The lowest BCUT2D eigenvalue weighted by Crippen LogP contribution is -2.06. The van der Waals surface area contributed by atoms with Crippen LogP contribution < -0.4 is 4.84 Å². The van der Waals surface area contributed by atoms with Crippen molar-refractivity contribution in [2.75, 3.05) is 0 Å². The third-order valence-electron chi connectivity index (χ3n) is 3.88. The number of nitriles is 1. The Labute approximate surface area is 156 Å². The summed E-state index contributed by atoms with van der Waals surface area (Å²) in [7, 11) is 0. The van der Waals surface area contributed by atoms with E-state index in [1.807, 2.05) is 30.3 Å². The first kappa shape index (κ1) is 20.2. The van der Waals surface area contributed by atoms with E-state index in [1.54, 1.807) is 12.1 Å². The molecule has 0 aliphatic rings. The Morgan fingerprint density at radius 2 is 1.89 bits per heavy atom. The van der Waals surface area contributed by atoms with Crippen LogP contribution in [-0.4, -0.2) is 5.71 Å². The molecule has 2 aromatic carbocycles. The van der Waals surface area contributed by atoms with Crippen LogP contribution in [0.5, 0.6) is 5.75 Å². The van der Waals surface area contributed by atoms with Gasteiger partial charge >= 0.3 is 6.18 Å². The highest BCUT2D eigenvalue weighted by molar-refractivity contribution is 5.84. The molecule has 0 radical (unpaired) electrons. The van der Waals surface area contributed by atoms with Gasteiger partial charge in [0.25, 0.3) is 0 Å². The summed E-state index contributed by atoms with van der Waals surface area (Å²) < 4.78 is 38.3. The Morgan fingerprint density at radius 3 is 2.52 bits per heavy atom. The summed E-state index contributed by atoms with van der Waals surface area (Å²) in [5, 5.41) is 13.2. The van der Waals surface area contributed by atoms with Crippen molar-refractivity contribution < 1.29 is 18.0 Å². The fourth-order valence-electron chi connectivity index (χ4n) is 2.41. The van der Waals surface area contributed by atoms with Gasteiger partial charge in [-0.25, -0.2) is 0 Å². The number of halogens is 3. The molecule has 0 aliphatic heterocycles. The monoisotopic (exact) mass is 372 g/mol. The van der Waals surface area contributed by atoms with Crippen LogP contribution in [0.25, 0.3) is 0 Å². The van der Waals surface area contributed by atoms with Crippen molar-refractivity contribution in [3.63, 3.8) is 0 Å². The molecule has 0 bridgehead atoms. The van der Waals surface area contributed by atoms with E-state index < -0.39 is 11.7 Å². The number of benzene rings is 2. The van der Waals surface area contributed by atoms with Crippen LogP contribution in [0, 0.1) is 11.3 Å². The standard InChI is InChI=1S/C21H19F3N2O/c1-2-3-9-19(12-10-16-7-5-4-6-8-16)26-27-20-13-11-18(21(22,23)24)14-17(20)15-25/h2,4-8,11,13-14H,1,3,9-10,12H2/b26-19+. The molecule has 0 amide bonds. The van der Waals surface area contributed by atoms with Crippen LogP contribution in [0.2, 0.25) is 0 Å². The quantitative estimate of drug-likeness (QED) is 0.328. The van der Waals surface area contributed by atoms with E-state index in [1.165, 1.54) is 0 Å². The van der Waals surface area contributed by atoms with Gasteiger partial charge in [-0.15, -0.1) is 6.58 Å². The zero-order chi connectivity index (χ0) is 19.7. The van der Waals surface area contributed by atoms with E-state index in [9.17, 15) is 13.2 Å². The second-order valence-corrected chi connectivity index (χ2v) is 5.88. The first-order valence-electron chi connectivity index (χ1n) is 8.43. The molecule has 6 heteroatoms. The lowest BCUT2D eigenvalue weighted by molar-refractivity contribution is -0.137. The van der Waals surface area contributed by atoms with Crippen LogP contribution in [0.15, 0.2) is 66.3 Å². The number of hydrogen-bond donors (Lipinski definition) is 0. The van der Waals surface area contributed by atoms with Crippen molar-refractivity contribution in [2.24, 2.45) is 5.16 Å². The van der Waals surface area contributed by atoms with Crippen LogP contribution in [0.4, 0.5) is 13.2 Å². The number of oxime groups is 1. The molecule has 0 spiro atoms. The predicted molar refractivity (Wildman–Crippen MR) is 98.4 cm³/mol. The second-order valence-electron chi connectivity index (χ2n) is 5.88. The number of hydrogen-bond acceptors (Lipinski definition) is 3. The molecule has 0 N–H and O–H groups in total. The van der Waals surface area contributed by atoms with Gasteiger partial charge in [-0.05, 0) is 49.4 Å². The predicted octanol–water partition coefficient (Wildman–Crippen LogP) is 5.91. The third-order valence-corrected chi connectivity index (χ3v) is 3.88. The summed E-state index contributed by atoms with van der Waals surface area (Å²) in [5.41, 5.74) is 0.796. The van der Waals surface area contributed by atoms with Gasteiger partial charge in [0.05, 0.1) is 16.8 Å². The minimum absolute atomic E-state index is 0.00122. The summed E-state index contributed by atoms with van der Waals surface area (Å²) in [6.07, 6.45) is -0.0261. The first-order chi connectivity index (χ1) is 12.9. The molecule has 0 aliphatic carbocycles. The van der Waals surface area contributed by atoms with Crippen molar-refractivity contribution in [1.29, 1.82) is 5.26 Å². The SMILES string of the molecule is C=CCC/C(CCc1ccccc1)=N\Oc1ccc(C(F)(F)F)cc1C#N. The van der Waals surface area contributed by atoms with Gasteiger partial charge in [0.2, 0.25) is 0 Å². The number of allylic oxidation sites excluding steroid dienone is 1. The Balaban J connectivity index is 2.14. The molecule has 27 heavy (non-hydrogen) atoms. The zero-order valence-electron chi connectivity index (χ0n) is 14.7. The van der Waals surface area contributed by atoms with E-state index in [4.69, 9.17) is 10.1 Å². The summed E-state index contributed by atoms with van der Waals surface area (Å²) >= 11 is 0. The van der Waals surface area contributed by atoms with E-state index in [2.05, 4.69) is 11.7 Å². The first-order valence-corrected chi connectivity index (χ1v) is 8.43. The molecule has 0 atom stereocenters. The van der Waals surface area contributed by atoms with Crippen LogP contribution in [-0.2, 0) is 12.6 Å². The van der Waals surface area contributed by atoms with Gasteiger partial charge < -0.3 is 4.84 Å². The highest BCUT2D eigenvalue weighted by Crippen LogP contribution is 2.32. The Morgan fingerprint density at radius 1 is 1.15 bits per heavy atom. The molecule has 140 valence electrons. The van der Waals surface area contributed by atoms with Gasteiger partial charge in [0, 0.05) is 0 Å². The summed E-state index contributed by atoms with van der Waals surface area (Å²) in [6, 6.07) is 14.3. The fourth-order valence-corrected chi connectivity index (χ4v) is 2.41. The van der Waals surface area contributed by atoms with Gasteiger partial charge in [0.15, 0.2) is 5.75 Å². The molecular formula is C21H19F3N2O. The average Bonchev–Trinajstić information content (AvgIpc) is 2.67. The third kappa shape index (κ3) is 6.30. The lowest BCUT2D eigenvalue weighted by Gasteiger charge is -2.10. The molecule has 0 unspecified atom stereocenters. The molecule has 0 saturated carbocycles. The fraction of sp³-hybridized carbons (Fsp3) is 0.238. The summed E-state index contributed by atoms with van der Waals surface area (Å²) in [5.74, 6) is 0.00122. The maximum Gasteiger partial charge on any atom is 0.416 e. The van der Waals surface area contributed by atoms with Crippen molar-refractivity contribution in [1.82, 2.24) is 0 Å². The highest BCUT2D eigenvalue weighted by atomic mass is 19.4. The topological polar surface area (TPSA) is 45.4 Å². The van der Waals surface area contributed by atoms with E-state index in [-0.39, 0.29) is 11.3 Å². The molecular weight excluding hydrogens is 353 g/mol. The normalized spacial score (nSPS) is 11.7. The second kappa shape index (κ2) is 9.58. The van der Waals surface area contributed by atoms with Gasteiger partial charge in [-0.2, -0.15) is 18.4 Å². The molecule has 0 aromatic heterocycles. The Bertz CT molecular complexity index is 837. The van der Waals surface area contributed by atoms with Crippen LogP contribution in [0.3, 0.4) is 0 Å². The summed E-state index contributed by atoms with van der Waals surface area (Å²) in [4.78, 5) is 5.31. The molecule has 2 rings (SSSR count). The van der Waals surface area contributed by atoms with E-state index in [0.717, 1.165) is 35.9 Å². The highest BCUT2D eigenvalue weighted by Gasteiger charge is 2.31. The minimum Gasteiger partial charge on any atom is -0.356 e. The molecule has 0 saturated heterocycles.